The van der Waals surface area contributed by atoms with Gasteiger partial charge in [0, 0.05) is 19.5 Å². The van der Waals surface area contributed by atoms with Gasteiger partial charge in [0.05, 0.1) is 6.04 Å². The number of hydrogen-bond acceptors (Lipinski definition) is 2. The minimum atomic E-state index is 0.0762. The monoisotopic (exact) mass is 196 g/mol. The third-order valence-corrected chi connectivity index (χ3v) is 1.90. The Morgan fingerprint density at radius 2 is 2.21 bits per heavy atom. The summed E-state index contributed by atoms with van der Waals surface area (Å²) in [4.78, 5) is 11.1. The number of nitrogens with one attached hydrogen (secondary N) is 2. The van der Waals surface area contributed by atoms with E-state index in [0.717, 1.165) is 12.8 Å². The second-order valence-electron chi connectivity index (χ2n) is 3.17. The average Bonchev–Trinajstić information content (AvgIpc) is 2.17. The van der Waals surface area contributed by atoms with Crippen molar-refractivity contribution in [3.8, 4) is 12.3 Å². The summed E-state index contributed by atoms with van der Waals surface area (Å²) in [5, 5.41) is 5.90. The first kappa shape index (κ1) is 13.0. The molecule has 0 spiro atoms. The molecule has 14 heavy (non-hydrogen) atoms. The van der Waals surface area contributed by atoms with E-state index in [4.69, 9.17) is 6.42 Å². The maximum Gasteiger partial charge on any atom is 0.221 e. The van der Waals surface area contributed by atoms with E-state index in [1.165, 1.54) is 0 Å². The molecule has 0 aromatic heterocycles. The molecular weight excluding hydrogens is 176 g/mol. The van der Waals surface area contributed by atoms with Crippen molar-refractivity contribution in [3.63, 3.8) is 0 Å². The molecule has 0 bridgehead atoms. The van der Waals surface area contributed by atoms with Crippen molar-refractivity contribution in [1.29, 1.82) is 0 Å². The average molecular weight is 196 g/mol. The van der Waals surface area contributed by atoms with Gasteiger partial charge in [-0.05, 0) is 13.3 Å². The molecule has 0 aliphatic carbocycles. The Labute approximate surface area is 86.6 Å². The van der Waals surface area contributed by atoms with Gasteiger partial charge in [-0.25, -0.2) is 0 Å². The van der Waals surface area contributed by atoms with Gasteiger partial charge in [0.15, 0.2) is 0 Å². The van der Waals surface area contributed by atoms with Crippen LogP contribution in [-0.2, 0) is 4.79 Å². The highest BCUT2D eigenvalue weighted by molar-refractivity contribution is 5.75. The lowest BCUT2D eigenvalue weighted by Crippen LogP contribution is -2.32. The Balaban J connectivity index is 3.51. The number of terminal acetylenes is 1. The summed E-state index contributed by atoms with van der Waals surface area (Å²) in [5.74, 6) is 2.74. The fourth-order valence-corrected chi connectivity index (χ4v) is 1.18. The fourth-order valence-electron chi connectivity index (χ4n) is 1.18. The summed E-state index contributed by atoms with van der Waals surface area (Å²) >= 11 is 0. The highest BCUT2D eigenvalue weighted by Gasteiger charge is 2.03. The summed E-state index contributed by atoms with van der Waals surface area (Å²) in [6.45, 7) is 5.34. The van der Waals surface area contributed by atoms with Crippen LogP contribution in [0.15, 0.2) is 0 Å². The van der Waals surface area contributed by atoms with Crippen molar-refractivity contribution in [2.75, 3.05) is 13.1 Å². The second kappa shape index (κ2) is 8.58. The predicted molar refractivity (Wildman–Crippen MR) is 58.8 cm³/mol. The van der Waals surface area contributed by atoms with Gasteiger partial charge in [-0.1, -0.05) is 19.3 Å². The van der Waals surface area contributed by atoms with Gasteiger partial charge < -0.3 is 10.6 Å². The number of carbonyl (C=O) groups excluding carboxylic acids is 1. The summed E-state index contributed by atoms with van der Waals surface area (Å²) in [5.41, 5.74) is 0. The topological polar surface area (TPSA) is 41.1 Å². The second-order valence-corrected chi connectivity index (χ2v) is 3.17. The largest absolute Gasteiger partial charge is 0.356 e. The SMILES string of the molecule is C#CC(CCC)NCCC(=O)NCC. The summed E-state index contributed by atoms with van der Waals surface area (Å²) in [7, 11) is 0. The van der Waals surface area contributed by atoms with Crippen molar-refractivity contribution in [1.82, 2.24) is 10.6 Å². The molecule has 1 atom stereocenters. The molecule has 0 aliphatic heterocycles. The molecule has 80 valence electrons. The lowest BCUT2D eigenvalue weighted by atomic mass is 10.2. The zero-order chi connectivity index (χ0) is 10.8. The van der Waals surface area contributed by atoms with Gasteiger partial charge in [-0.3, -0.25) is 4.79 Å². The molecule has 0 saturated carbocycles. The molecule has 2 N–H and O–H groups in total. The Bertz CT molecular complexity index is 196. The van der Waals surface area contributed by atoms with E-state index in [2.05, 4.69) is 23.5 Å². The van der Waals surface area contributed by atoms with Gasteiger partial charge in [0.1, 0.15) is 0 Å². The number of carbonyl (C=O) groups is 1. The molecule has 1 unspecified atom stereocenters. The Kier molecular flexibility index (Phi) is 7.96. The zero-order valence-corrected chi connectivity index (χ0v) is 9.10. The smallest absolute Gasteiger partial charge is 0.221 e. The Hall–Kier alpha value is -1.01. The van der Waals surface area contributed by atoms with Crippen LogP contribution in [0.2, 0.25) is 0 Å². The van der Waals surface area contributed by atoms with Crippen LogP contribution in [0.1, 0.15) is 33.1 Å². The van der Waals surface area contributed by atoms with Gasteiger partial charge in [-0.15, -0.1) is 6.42 Å². The normalized spacial score (nSPS) is 11.8. The highest BCUT2D eigenvalue weighted by atomic mass is 16.1. The fraction of sp³-hybridized carbons (Fsp3) is 0.727. The van der Waals surface area contributed by atoms with Crippen LogP contribution in [0, 0.1) is 12.3 Å². The van der Waals surface area contributed by atoms with Crippen molar-refractivity contribution in [2.24, 2.45) is 0 Å². The van der Waals surface area contributed by atoms with Crippen LogP contribution in [-0.4, -0.2) is 25.0 Å². The van der Waals surface area contributed by atoms with Crippen molar-refractivity contribution in [2.45, 2.75) is 39.2 Å². The van der Waals surface area contributed by atoms with E-state index in [-0.39, 0.29) is 11.9 Å². The lowest BCUT2D eigenvalue weighted by Gasteiger charge is -2.11. The number of hydrogen-bond donors (Lipinski definition) is 2. The maximum absolute atomic E-state index is 11.1. The first-order valence-electron chi connectivity index (χ1n) is 5.20. The highest BCUT2D eigenvalue weighted by Crippen LogP contribution is 1.94. The molecule has 0 aromatic rings. The van der Waals surface area contributed by atoms with E-state index < -0.39 is 0 Å². The molecule has 0 heterocycles. The molecule has 0 fully saturated rings. The quantitative estimate of drug-likeness (QED) is 0.594. The van der Waals surface area contributed by atoms with Crippen molar-refractivity contribution >= 4 is 5.91 Å². The van der Waals surface area contributed by atoms with Gasteiger partial charge in [0.2, 0.25) is 5.91 Å². The van der Waals surface area contributed by atoms with E-state index >= 15 is 0 Å². The van der Waals surface area contributed by atoms with Crippen LogP contribution in [0.25, 0.3) is 0 Å². The van der Waals surface area contributed by atoms with Crippen LogP contribution >= 0.6 is 0 Å². The predicted octanol–water partition coefficient (Wildman–Crippen LogP) is 0.904. The van der Waals surface area contributed by atoms with Crippen LogP contribution in [0.5, 0.6) is 0 Å². The summed E-state index contributed by atoms with van der Waals surface area (Å²) in [6, 6.07) is 0.106. The van der Waals surface area contributed by atoms with Crippen molar-refractivity contribution in [3.05, 3.63) is 0 Å². The minimum Gasteiger partial charge on any atom is -0.356 e. The third kappa shape index (κ3) is 6.50. The van der Waals surface area contributed by atoms with Crippen LogP contribution in [0.3, 0.4) is 0 Å². The first-order chi connectivity index (χ1) is 6.74. The zero-order valence-electron chi connectivity index (χ0n) is 9.10. The Morgan fingerprint density at radius 3 is 2.71 bits per heavy atom. The molecule has 0 aromatic carbocycles. The van der Waals surface area contributed by atoms with Gasteiger partial charge in [0.25, 0.3) is 0 Å². The summed E-state index contributed by atoms with van der Waals surface area (Å²) in [6.07, 6.45) is 7.84. The third-order valence-electron chi connectivity index (χ3n) is 1.90. The maximum atomic E-state index is 11.1. The van der Waals surface area contributed by atoms with Crippen LogP contribution in [0.4, 0.5) is 0 Å². The van der Waals surface area contributed by atoms with E-state index in [0.29, 0.717) is 19.5 Å². The molecule has 0 rings (SSSR count). The Morgan fingerprint density at radius 1 is 1.50 bits per heavy atom. The molecular formula is C11H20N2O. The van der Waals surface area contributed by atoms with Crippen LogP contribution < -0.4 is 10.6 Å². The van der Waals surface area contributed by atoms with E-state index in [9.17, 15) is 4.79 Å². The molecule has 0 aliphatic rings. The molecule has 3 heteroatoms. The minimum absolute atomic E-state index is 0.0762. The standard InChI is InChI=1S/C11H20N2O/c1-4-7-10(5-2)13-9-8-11(14)12-6-3/h2,10,13H,4,6-9H2,1,3H3,(H,12,14). The summed E-state index contributed by atoms with van der Waals surface area (Å²) < 4.78 is 0. The molecule has 0 radical (unpaired) electrons. The number of amides is 1. The van der Waals surface area contributed by atoms with Crippen molar-refractivity contribution < 1.29 is 4.79 Å². The van der Waals surface area contributed by atoms with Gasteiger partial charge >= 0.3 is 0 Å². The number of rotatable bonds is 7. The lowest BCUT2D eigenvalue weighted by molar-refractivity contribution is -0.120. The molecule has 3 nitrogen and oxygen atoms in total. The molecule has 1 amide bonds. The molecule has 0 saturated heterocycles. The van der Waals surface area contributed by atoms with Gasteiger partial charge in [-0.2, -0.15) is 0 Å². The first-order valence-corrected chi connectivity index (χ1v) is 5.20. The van der Waals surface area contributed by atoms with E-state index in [1.807, 2.05) is 6.92 Å². The van der Waals surface area contributed by atoms with E-state index in [1.54, 1.807) is 0 Å².